The Kier molecular flexibility index (Phi) is 3.80. The molecular weight excluding hydrogens is 214 g/mol. The van der Waals surface area contributed by atoms with Crippen molar-refractivity contribution in [2.45, 2.75) is 26.2 Å². The molecule has 3 nitrogen and oxygen atoms in total. The second-order valence-corrected chi connectivity index (χ2v) is 4.87. The minimum absolute atomic E-state index is 0.221. The van der Waals surface area contributed by atoms with E-state index in [1.54, 1.807) is 12.1 Å². The molecule has 0 amide bonds. The third kappa shape index (κ3) is 3.25. The number of aromatic carboxylic acids is 1. The van der Waals surface area contributed by atoms with E-state index in [1.807, 2.05) is 26.8 Å². The van der Waals surface area contributed by atoms with Gasteiger partial charge >= 0.3 is 5.97 Å². The third-order valence-electron chi connectivity index (χ3n) is 2.45. The normalized spacial score (nSPS) is 10.7. The summed E-state index contributed by atoms with van der Waals surface area (Å²) in [5.74, 6) is 1.58. The van der Waals surface area contributed by atoms with Crippen molar-refractivity contribution in [3.63, 3.8) is 0 Å². The van der Waals surface area contributed by atoms with E-state index in [9.17, 15) is 4.79 Å². The summed E-state index contributed by atoms with van der Waals surface area (Å²) in [5.41, 5.74) is 1.76. The summed E-state index contributed by atoms with van der Waals surface area (Å²) in [5, 5.41) is 12.2. The van der Waals surface area contributed by atoms with Gasteiger partial charge in [0.25, 0.3) is 0 Å². The molecule has 0 fully saturated rings. The number of hydrogen-bond acceptors (Lipinski definition) is 2. The highest BCUT2D eigenvalue weighted by Gasteiger charge is 2.21. The lowest BCUT2D eigenvalue weighted by atomic mass is 9.83. The van der Waals surface area contributed by atoms with Crippen molar-refractivity contribution in [3.8, 4) is 12.3 Å². The van der Waals surface area contributed by atoms with E-state index in [2.05, 4.69) is 11.2 Å². The van der Waals surface area contributed by atoms with Gasteiger partial charge in [-0.15, -0.1) is 6.42 Å². The Bertz CT molecular complexity index is 464. The SMILES string of the molecule is C#CCNc1ccc(C(=O)O)c(C(C)(C)C)c1. The van der Waals surface area contributed by atoms with Crippen LogP contribution in [-0.2, 0) is 5.41 Å². The van der Waals surface area contributed by atoms with E-state index in [0.717, 1.165) is 11.3 Å². The minimum atomic E-state index is -0.904. The van der Waals surface area contributed by atoms with Gasteiger partial charge in [0.2, 0.25) is 0 Å². The van der Waals surface area contributed by atoms with E-state index >= 15 is 0 Å². The molecule has 0 aromatic heterocycles. The summed E-state index contributed by atoms with van der Waals surface area (Å²) in [7, 11) is 0. The number of carboxylic acids is 1. The van der Waals surface area contributed by atoms with E-state index in [0.29, 0.717) is 12.1 Å². The predicted molar refractivity (Wildman–Crippen MR) is 69.4 cm³/mol. The number of anilines is 1. The Morgan fingerprint density at radius 3 is 2.59 bits per heavy atom. The molecule has 1 aromatic rings. The molecule has 2 N–H and O–H groups in total. The van der Waals surface area contributed by atoms with Gasteiger partial charge in [0.1, 0.15) is 0 Å². The van der Waals surface area contributed by atoms with Crippen LogP contribution in [0.3, 0.4) is 0 Å². The molecule has 1 aromatic carbocycles. The fraction of sp³-hybridized carbons (Fsp3) is 0.357. The summed E-state index contributed by atoms with van der Waals surface area (Å²) in [6.45, 7) is 6.38. The number of terminal acetylenes is 1. The van der Waals surface area contributed by atoms with Gasteiger partial charge in [0.05, 0.1) is 12.1 Å². The molecule has 0 unspecified atom stereocenters. The van der Waals surface area contributed by atoms with Crippen molar-refractivity contribution < 1.29 is 9.90 Å². The van der Waals surface area contributed by atoms with Crippen LogP contribution in [-0.4, -0.2) is 17.6 Å². The van der Waals surface area contributed by atoms with Crippen molar-refractivity contribution in [2.75, 3.05) is 11.9 Å². The Balaban J connectivity index is 3.21. The highest BCUT2D eigenvalue weighted by atomic mass is 16.4. The topological polar surface area (TPSA) is 49.3 Å². The van der Waals surface area contributed by atoms with Crippen LogP contribution in [0.25, 0.3) is 0 Å². The number of hydrogen-bond donors (Lipinski definition) is 2. The molecule has 0 aliphatic rings. The molecule has 0 aliphatic heterocycles. The van der Waals surface area contributed by atoms with Crippen LogP contribution in [0.15, 0.2) is 18.2 Å². The van der Waals surface area contributed by atoms with Crippen molar-refractivity contribution in [1.82, 2.24) is 0 Å². The molecule has 90 valence electrons. The minimum Gasteiger partial charge on any atom is -0.478 e. The van der Waals surface area contributed by atoms with Crippen molar-refractivity contribution >= 4 is 11.7 Å². The first-order valence-electron chi connectivity index (χ1n) is 5.41. The van der Waals surface area contributed by atoms with E-state index in [-0.39, 0.29) is 5.41 Å². The summed E-state index contributed by atoms with van der Waals surface area (Å²) in [6, 6.07) is 5.19. The zero-order valence-corrected chi connectivity index (χ0v) is 10.4. The number of benzene rings is 1. The van der Waals surface area contributed by atoms with Crippen LogP contribution in [0.1, 0.15) is 36.7 Å². The van der Waals surface area contributed by atoms with E-state index in [4.69, 9.17) is 11.5 Å². The fourth-order valence-corrected chi connectivity index (χ4v) is 1.61. The van der Waals surface area contributed by atoms with Crippen LogP contribution in [0.2, 0.25) is 0 Å². The highest BCUT2D eigenvalue weighted by molar-refractivity contribution is 5.90. The molecule has 3 heteroatoms. The van der Waals surface area contributed by atoms with Gasteiger partial charge in [-0.1, -0.05) is 26.7 Å². The molecule has 0 aliphatic carbocycles. The maximum absolute atomic E-state index is 11.1. The first kappa shape index (κ1) is 13.1. The number of carboxylic acid groups (broad SMARTS) is 1. The summed E-state index contributed by atoms with van der Waals surface area (Å²) < 4.78 is 0. The first-order chi connectivity index (χ1) is 7.86. The average molecular weight is 231 g/mol. The quantitative estimate of drug-likeness (QED) is 0.786. The standard InChI is InChI=1S/C14H17NO2/c1-5-8-15-10-6-7-11(13(16)17)12(9-10)14(2,3)4/h1,6-7,9,15H,8H2,2-4H3,(H,16,17). The van der Waals surface area contributed by atoms with E-state index in [1.165, 1.54) is 0 Å². The largest absolute Gasteiger partial charge is 0.478 e. The lowest BCUT2D eigenvalue weighted by molar-refractivity contribution is 0.0694. The lowest BCUT2D eigenvalue weighted by Crippen LogP contribution is -2.17. The van der Waals surface area contributed by atoms with Crippen molar-refractivity contribution in [3.05, 3.63) is 29.3 Å². The van der Waals surface area contributed by atoms with Gasteiger partial charge in [-0.05, 0) is 29.2 Å². The van der Waals surface area contributed by atoms with Gasteiger partial charge < -0.3 is 10.4 Å². The van der Waals surface area contributed by atoms with Gasteiger partial charge in [-0.3, -0.25) is 0 Å². The molecule has 0 heterocycles. The summed E-state index contributed by atoms with van der Waals surface area (Å²) in [4.78, 5) is 11.1. The monoisotopic (exact) mass is 231 g/mol. The van der Waals surface area contributed by atoms with Gasteiger partial charge in [-0.25, -0.2) is 4.79 Å². The molecule has 0 saturated heterocycles. The number of rotatable bonds is 3. The summed E-state index contributed by atoms with van der Waals surface area (Å²) >= 11 is 0. The third-order valence-corrected chi connectivity index (χ3v) is 2.45. The predicted octanol–water partition coefficient (Wildman–Crippen LogP) is 2.73. The van der Waals surface area contributed by atoms with E-state index < -0.39 is 5.97 Å². The number of carbonyl (C=O) groups is 1. The number of nitrogens with one attached hydrogen (secondary N) is 1. The van der Waals surface area contributed by atoms with Crippen LogP contribution in [0.5, 0.6) is 0 Å². The molecule has 0 spiro atoms. The second-order valence-electron chi connectivity index (χ2n) is 4.87. The Hall–Kier alpha value is -1.95. The van der Waals surface area contributed by atoms with Crippen LogP contribution < -0.4 is 5.32 Å². The Morgan fingerprint density at radius 2 is 2.12 bits per heavy atom. The lowest BCUT2D eigenvalue weighted by Gasteiger charge is -2.22. The molecule has 0 atom stereocenters. The van der Waals surface area contributed by atoms with Gasteiger partial charge in [0.15, 0.2) is 0 Å². The molecule has 1 rings (SSSR count). The zero-order valence-electron chi connectivity index (χ0n) is 10.4. The van der Waals surface area contributed by atoms with Crippen molar-refractivity contribution in [1.29, 1.82) is 0 Å². The van der Waals surface area contributed by atoms with Gasteiger partial charge in [-0.2, -0.15) is 0 Å². The van der Waals surface area contributed by atoms with Crippen LogP contribution in [0, 0.1) is 12.3 Å². The molecule has 0 saturated carbocycles. The maximum Gasteiger partial charge on any atom is 0.335 e. The molecule has 0 bridgehead atoms. The van der Waals surface area contributed by atoms with Gasteiger partial charge in [0, 0.05) is 5.69 Å². The second kappa shape index (κ2) is 4.92. The van der Waals surface area contributed by atoms with Crippen molar-refractivity contribution in [2.24, 2.45) is 0 Å². The fourth-order valence-electron chi connectivity index (χ4n) is 1.61. The Labute approximate surface area is 102 Å². The summed E-state index contributed by atoms with van der Waals surface area (Å²) in [6.07, 6.45) is 5.17. The smallest absolute Gasteiger partial charge is 0.335 e. The van der Waals surface area contributed by atoms with Crippen LogP contribution >= 0.6 is 0 Å². The average Bonchev–Trinajstić information content (AvgIpc) is 2.24. The Morgan fingerprint density at radius 1 is 1.47 bits per heavy atom. The zero-order chi connectivity index (χ0) is 13.1. The highest BCUT2D eigenvalue weighted by Crippen LogP contribution is 2.28. The molecular formula is C14H17NO2. The van der Waals surface area contributed by atoms with Crippen LogP contribution in [0.4, 0.5) is 5.69 Å². The first-order valence-corrected chi connectivity index (χ1v) is 5.41. The molecule has 17 heavy (non-hydrogen) atoms. The molecule has 0 radical (unpaired) electrons. The maximum atomic E-state index is 11.1.